The molecule has 7 nitrogen and oxygen atoms in total. The van der Waals surface area contributed by atoms with Crippen molar-refractivity contribution in [3.05, 3.63) is 27.9 Å². The number of hydrogen-bond acceptors (Lipinski definition) is 6. The van der Waals surface area contributed by atoms with Crippen LogP contribution in [-0.4, -0.2) is 39.4 Å². The lowest BCUT2D eigenvalue weighted by Crippen LogP contribution is -2.09. The fraction of sp³-hybridized carbons (Fsp3) is 0.455. The zero-order valence-corrected chi connectivity index (χ0v) is 10.8. The second-order valence-electron chi connectivity index (χ2n) is 4.05. The number of aromatic nitrogens is 1. The van der Waals surface area contributed by atoms with Crippen LogP contribution in [0.15, 0.2) is 17.3 Å². The number of thioether (sulfide) groups is 1. The van der Waals surface area contributed by atoms with Crippen molar-refractivity contribution in [2.75, 3.05) is 12.4 Å². The van der Waals surface area contributed by atoms with E-state index in [0.717, 1.165) is 31.7 Å². The smallest absolute Gasteiger partial charge is 0.338 e. The van der Waals surface area contributed by atoms with Crippen molar-refractivity contribution in [2.24, 2.45) is 0 Å². The second kappa shape index (κ2) is 5.98. The summed E-state index contributed by atoms with van der Waals surface area (Å²) in [6, 6.07) is 1.03. The molecule has 1 aromatic heterocycles. The molecule has 1 saturated heterocycles. The van der Waals surface area contributed by atoms with Gasteiger partial charge in [0.05, 0.1) is 16.6 Å². The van der Waals surface area contributed by atoms with Crippen molar-refractivity contribution in [2.45, 2.75) is 24.0 Å². The van der Waals surface area contributed by atoms with Gasteiger partial charge in [0, 0.05) is 18.4 Å². The summed E-state index contributed by atoms with van der Waals surface area (Å²) < 4.78 is 5.43. The van der Waals surface area contributed by atoms with Crippen molar-refractivity contribution < 1.29 is 19.6 Å². The molecular formula is C11H12N2O5S. The van der Waals surface area contributed by atoms with E-state index in [9.17, 15) is 14.9 Å². The Balaban J connectivity index is 2.14. The van der Waals surface area contributed by atoms with E-state index in [2.05, 4.69) is 4.98 Å². The fourth-order valence-corrected chi connectivity index (χ4v) is 2.79. The highest BCUT2D eigenvalue weighted by Crippen LogP contribution is 2.27. The molecule has 0 bridgehead atoms. The quantitative estimate of drug-likeness (QED) is 0.500. The van der Waals surface area contributed by atoms with Gasteiger partial charge >= 0.3 is 5.97 Å². The minimum Gasteiger partial charge on any atom is -0.478 e. The minimum absolute atomic E-state index is 0.101. The number of nitro groups is 1. The first-order valence-electron chi connectivity index (χ1n) is 5.70. The molecule has 0 spiro atoms. The normalized spacial score (nSPS) is 18.4. The maximum atomic E-state index is 11.1. The molecule has 1 aliphatic heterocycles. The molecule has 8 heteroatoms. The number of pyridine rings is 1. The molecule has 2 rings (SSSR count). The zero-order valence-electron chi connectivity index (χ0n) is 9.94. The van der Waals surface area contributed by atoms with Gasteiger partial charge in [-0.2, -0.15) is 0 Å². The van der Waals surface area contributed by atoms with E-state index < -0.39 is 10.9 Å². The molecule has 1 aliphatic rings. The molecule has 1 N–H and O–H groups in total. The third kappa shape index (κ3) is 3.42. The van der Waals surface area contributed by atoms with Gasteiger partial charge in [-0.15, -0.1) is 11.8 Å². The van der Waals surface area contributed by atoms with Crippen molar-refractivity contribution >= 4 is 23.4 Å². The van der Waals surface area contributed by atoms with E-state index in [-0.39, 0.29) is 22.4 Å². The van der Waals surface area contributed by atoms with Gasteiger partial charge < -0.3 is 9.84 Å². The van der Waals surface area contributed by atoms with Crippen LogP contribution in [0.4, 0.5) is 5.69 Å². The monoisotopic (exact) mass is 284 g/mol. The van der Waals surface area contributed by atoms with Crippen LogP contribution in [0.3, 0.4) is 0 Å². The van der Waals surface area contributed by atoms with Gasteiger partial charge in [-0.1, -0.05) is 0 Å². The molecule has 1 aromatic rings. The summed E-state index contributed by atoms with van der Waals surface area (Å²) in [4.78, 5) is 24.9. The highest BCUT2D eigenvalue weighted by molar-refractivity contribution is 7.99. The van der Waals surface area contributed by atoms with Crippen molar-refractivity contribution in [3.8, 4) is 0 Å². The molecule has 0 radical (unpaired) electrons. The van der Waals surface area contributed by atoms with E-state index in [1.54, 1.807) is 0 Å². The van der Waals surface area contributed by atoms with E-state index in [4.69, 9.17) is 9.84 Å². The van der Waals surface area contributed by atoms with Crippen molar-refractivity contribution in [1.29, 1.82) is 0 Å². The second-order valence-corrected chi connectivity index (χ2v) is 5.06. The molecule has 0 saturated carbocycles. The highest BCUT2D eigenvalue weighted by Gasteiger charge is 2.21. The standard InChI is InChI=1S/C11H12N2O5S/c14-11(15)9-4-7(13(16)17)5-12-10(9)19-6-8-2-1-3-18-8/h4-5,8H,1-3,6H2,(H,14,15). The van der Waals surface area contributed by atoms with Gasteiger partial charge in [0.1, 0.15) is 11.2 Å². The minimum atomic E-state index is -1.22. The lowest BCUT2D eigenvalue weighted by atomic mass is 10.3. The van der Waals surface area contributed by atoms with E-state index in [1.807, 2.05) is 0 Å². The average Bonchev–Trinajstić information content (AvgIpc) is 2.89. The van der Waals surface area contributed by atoms with Gasteiger partial charge in [0.15, 0.2) is 0 Å². The number of carbonyl (C=O) groups is 1. The van der Waals surface area contributed by atoms with Gasteiger partial charge in [0.25, 0.3) is 5.69 Å². The molecule has 1 atom stereocenters. The number of carboxylic acid groups (broad SMARTS) is 1. The summed E-state index contributed by atoms with van der Waals surface area (Å²) in [5.41, 5.74) is -0.462. The summed E-state index contributed by atoms with van der Waals surface area (Å²) in [5, 5.41) is 19.9. The Morgan fingerprint density at radius 2 is 2.47 bits per heavy atom. The molecule has 0 amide bonds. The summed E-state index contributed by atoms with van der Waals surface area (Å²) in [5.74, 6) is -0.614. The SMILES string of the molecule is O=C(O)c1cc([N+](=O)[O-])cnc1SCC1CCCO1. The summed E-state index contributed by atoms with van der Waals surface area (Å²) >= 11 is 1.25. The molecular weight excluding hydrogens is 272 g/mol. The van der Waals surface area contributed by atoms with Gasteiger partial charge in [-0.25, -0.2) is 9.78 Å². The molecule has 1 unspecified atom stereocenters. The Hall–Kier alpha value is -1.67. The molecule has 102 valence electrons. The van der Waals surface area contributed by atoms with Crippen LogP contribution in [0, 0.1) is 10.1 Å². The third-order valence-corrected chi connectivity index (χ3v) is 3.85. The average molecular weight is 284 g/mol. The van der Waals surface area contributed by atoms with Crippen molar-refractivity contribution in [1.82, 2.24) is 4.98 Å². The van der Waals surface area contributed by atoms with Crippen LogP contribution >= 0.6 is 11.8 Å². The Morgan fingerprint density at radius 3 is 3.05 bits per heavy atom. The topological polar surface area (TPSA) is 103 Å². The molecule has 2 heterocycles. The first kappa shape index (κ1) is 13.8. The number of carboxylic acids is 1. The Bertz CT molecular complexity index is 502. The maximum Gasteiger partial charge on any atom is 0.338 e. The number of rotatable bonds is 5. The predicted molar refractivity (Wildman–Crippen MR) is 67.5 cm³/mol. The lowest BCUT2D eigenvalue weighted by Gasteiger charge is -2.09. The third-order valence-electron chi connectivity index (χ3n) is 2.71. The molecule has 19 heavy (non-hydrogen) atoms. The molecule has 0 aliphatic carbocycles. The Labute approximate surface area is 113 Å². The predicted octanol–water partition coefficient (Wildman–Crippen LogP) is 1.96. The fourth-order valence-electron chi connectivity index (χ4n) is 1.76. The van der Waals surface area contributed by atoms with E-state index in [0.29, 0.717) is 5.75 Å². The number of aromatic carboxylic acids is 1. The van der Waals surface area contributed by atoms with Crippen molar-refractivity contribution in [3.63, 3.8) is 0 Å². The summed E-state index contributed by atoms with van der Waals surface area (Å²) in [6.07, 6.45) is 3.13. The number of hydrogen-bond donors (Lipinski definition) is 1. The highest BCUT2D eigenvalue weighted by atomic mass is 32.2. The Kier molecular flexibility index (Phi) is 4.33. The van der Waals surface area contributed by atoms with Gasteiger partial charge in [0.2, 0.25) is 0 Å². The van der Waals surface area contributed by atoms with E-state index in [1.165, 1.54) is 11.8 Å². The van der Waals surface area contributed by atoms with Crippen LogP contribution < -0.4 is 0 Å². The molecule has 1 fully saturated rings. The number of nitrogens with zero attached hydrogens (tertiary/aromatic N) is 2. The summed E-state index contributed by atoms with van der Waals surface area (Å²) in [6.45, 7) is 0.727. The van der Waals surface area contributed by atoms with Crippen LogP contribution in [0.25, 0.3) is 0 Å². The Morgan fingerprint density at radius 1 is 1.68 bits per heavy atom. The first-order chi connectivity index (χ1) is 9.08. The zero-order chi connectivity index (χ0) is 13.8. The van der Waals surface area contributed by atoms with Crippen LogP contribution in [0.1, 0.15) is 23.2 Å². The number of ether oxygens (including phenoxy) is 1. The van der Waals surface area contributed by atoms with Crippen LogP contribution in [-0.2, 0) is 4.74 Å². The van der Waals surface area contributed by atoms with Crippen LogP contribution in [0.5, 0.6) is 0 Å². The van der Waals surface area contributed by atoms with Gasteiger partial charge in [-0.05, 0) is 12.8 Å². The van der Waals surface area contributed by atoms with Gasteiger partial charge in [-0.3, -0.25) is 10.1 Å². The maximum absolute atomic E-state index is 11.1. The largest absolute Gasteiger partial charge is 0.478 e. The lowest BCUT2D eigenvalue weighted by molar-refractivity contribution is -0.385. The van der Waals surface area contributed by atoms with E-state index >= 15 is 0 Å². The summed E-state index contributed by atoms with van der Waals surface area (Å²) in [7, 11) is 0. The van der Waals surface area contributed by atoms with Crippen LogP contribution in [0.2, 0.25) is 0 Å². The first-order valence-corrected chi connectivity index (χ1v) is 6.68. The molecule has 0 aromatic carbocycles.